The second-order valence-electron chi connectivity index (χ2n) is 5.08. The lowest BCUT2D eigenvalue weighted by atomic mass is 10.1. The first-order chi connectivity index (χ1) is 10.2. The van der Waals surface area contributed by atoms with Gasteiger partial charge in [0, 0.05) is 0 Å². The number of benzene rings is 2. The quantitative estimate of drug-likeness (QED) is 0.779. The summed E-state index contributed by atoms with van der Waals surface area (Å²) in [7, 11) is 0. The van der Waals surface area contributed by atoms with Gasteiger partial charge in [0.1, 0.15) is 5.75 Å². The van der Waals surface area contributed by atoms with E-state index in [4.69, 9.17) is 9.84 Å². The topological polar surface area (TPSA) is 46.5 Å². The molecule has 1 N–H and O–H groups in total. The van der Waals surface area contributed by atoms with E-state index in [0.29, 0.717) is 12.4 Å². The summed E-state index contributed by atoms with van der Waals surface area (Å²) >= 11 is 0. The first-order valence-electron chi connectivity index (χ1n) is 7.17. The maximum Gasteiger partial charge on any atom is 0.335 e. The van der Waals surface area contributed by atoms with Crippen LogP contribution in [-0.4, -0.2) is 17.7 Å². The average Bonchev–Trinajstić information content (AvgIpc) is 2.49. The smallest absolute Gasteiger partial charge is 0.335 e. The first-order valence-corrected chi connectivity index (χ1v) is 7.17. The molecule has 0 radical (unpaired) electrons. The molecule has 0 aliphatic rings. The third kappa shape index (κ3) is 4.63. The molecule has 0 aliphatic heterocycles. The highest BCUT2D eigenvalue weighted by molar-refractivity contribution is 5.88. The van der Waals surface area contributed by atoms with Crippen LogP contribution in [0.15, 0.2) is 48.5 Å². The number of aryl methyl sites for hydroxylation is 2. The van der Waals surface area contributed by atoms with E-state index in [2.05, 4.69) is 12.1 Å². The minimum absolute atomic E-state index is 0.264. The zero-order valence-corrected chi connectivity index (χ0v) is 12.2. The Morgan fingerprint density at radius 3 is 2.57 bits per heavy atom. The molecule has 3 nitrogen and oxygen atoms in total. The molecule has 21 heavy (non-hydrogen) atoms. The number of carboxylic acid groups (broad SMARTS) is 1. The fourth-order valence-corrected chi connectivity index (χ4v) is 2.15. The van der Waals surface area contributed by atoms with Crippen molar-refractivity contribution in [2.75, 3.05) is 6.61 Å². The van der Waals surface area contributed by atoms with Gasteiger partial charge in [-0.05, 0) is 49.4 Å². The van der Waals surface area contributed by atoms with Crippen molar-refractivity contribution < 1.29 is 14.6 Å². The average molecular weight is 284 g/mol. The zero-order chi connectivity index (χ0) is 15.1. The van der Waals surface area contributed by atoms with E-state index >= 15 is 0 Å². The van der Waals surface area contributed by atoms with Gasteiger partial charge in [0.15, 0.2) is 0 Å². The molecule has 2 aromatic rings. The van der Waals surface area contributed by atoms with Crippen molar-refractivity contribution in [1.82, 2.24) is 0 Å². The highest BCUT2D eigenvalue weighted by Crippen LogP contribution is 2.20. The van der Waals surface area contributed by atoms with Crippen molar-refractivity contribution in [2.24, 2.45) is 0 Å². The highest BCUT2D eigenvalue weighted by Gasteiger charge is 2.06. The number of unbranched alkanes of at least 4 members (excludes halogenated alkanes) is 1. The Labute approximate surface area is 125 Å². The lowest BCUT2D eigenvalue weighted by Gasteiger charge is -2.10. The minimum atomic E-state index is -0.927. The van der Waals surface area contributed by atoms with Crippen molar-refractivity contribution >= 4 is 5.97 Å². The summed E-state index contributed by atoms with van der Waals surface area (Å²) in [6.45, 7) is 2.53. The summed E-state index contributed by atoms with van der Waals surface area (Å²) in [5.74, 6) is -0.265. The van der Waals surface area contributed by atoms with Crippen molar-refractivity contribution in [3.63, 3.8) is 0 Å². The van der Waals surface area contributed by atoms with Gasteiger partial charge >= 0.3 is 5.97 Å². The molecule has 0 aliphatic carbocycles. The van der Waals surface area contributed by atoms with Crippen LogP contribution < -0.4 is 4.74 Å². The number of aromatic carboxylic acids is 1. The van der Waals surface area contributed by atoms with E-state index in [1.165, 1.54) is 5.56 Å². The van der Waals surface area contributed by atoms with Gasteiger partial charge < -0.3 is 9.84 Å². The molecule has 3 heteroatoms. The lowest BCUT2D eigenvalue weighted by Crippen LogP contribution is -2.02. The van der Waals surface area contributed by atoms with E-state index < -0.39 is 5.97 Å². The van der Waals surface area contributed by atoms with Gasteiger partial charge in [0.2, 0.25) is 0 Å². The fourth-order valence-electron chi connectivity index (χ4n) is 2.15. The van der Waals surface area contributed by atoms with E-state index in [-0.39, 0.29) is 5.56 Å². The molecule has 110 valence electrons. The van der Waals surface area contributed by atoms with E-state index in [1.807, 2.05) is 25.1 Å². The summed E-state index contributed by atoms with van der Waals surface area (Å²) in [6.07, 6.45) is 3.05. The van der Waals surface area contributed by atoms with Gasteiger partial charge in [0.25, 0.3) is 0 Å². The molecule has 0 spiro atoms. The highest BCUT2D eigenvalue weighted by atomic mass is 16.5. The Bertz CT molecular complexity index is 591. The molecule has 0 saturated carbocycles. The molecule has 0 aromatic heterocycles. The normalized spacial score (nSPS) is 10.3. The predicted octanol–water partition coefficient (Wildman–Crippen LogP) is 4.09. The van der Waals surface area contributed by atoms with Crippen LogP contribution in [0.5, 0.6) is 5.75 Å². The van der Waals surface area contributed by atoms with Gasteiger partial charge in [-0.25, -0.2) is 4.79 Å². The summed E-state index contributed by atoms with van der Waals surface area (Å²) in [4.78, 5) is 10.9. The van der Waals surface area contributed by atoms with Gasteiger partial charge in [-0.15, -0.1) is 0 Å². The Balaban J connectivity index is 1.78. The Hall–Kier alpha value is -2.29. The maximum atomic E-state index is 10.9. The van der Waals surface area contributed by atoms with Crippen LogP contribution in [0.1, 0.15) is 34.3 Å². The fraction of sp³-hybridized carbons (Fsp3) is 0.278. The molecule has 2 aromatic carbocycles. The van der Waals surface area contributed by atoms with Crippen LogP contribution in [0, 0.1) is 6.92 Å². The van der Waals surface area contributed by atoms with Crippen molar-refractivity contribution in [1.29, 1.82) is 0 Å². The van der Waals surface area contributed by atoms with Crippen molar-refractivity contribution in [2.45, 2.75) is 26.2 Å². The number of hydrogen-bond donors (Lipinski definition) is 1. The number of ether oxygens (including phenoxy) is 1. The molecule has 0 atom stereocenters. The Morgan fingerprint density at radius 2 is 1.86 bits per heavy atom. The molecule has 0 heterocycles. The Morgan fingerprint density at radius 1 is 1.10 bits per heavy atom. The van der Waals surface area contributed by atoms with Crippen LogP contribution in [-0.2, 0) is 6.42 Å². The SMILES string of the molecule is Cc1ccc(C(=O)O)cc1OCCCCc1ccccc1. The third-order valence-electron chi connectivity index (χ3n) is 3.40. The molecular formula is C18H20O3. The van der Waals surface area contributed by atoms with Crippen LogP contribution in [0.4, 0.5) is 0 Å². The van der Waals surface area contributed by atoms with Gasteiger partial charge in [-0.3, -0.25) is 0 Å². The summed E-state index contributed by atoms with van der Waals surface area (Å²) in [6, 6.07) is 15.3. The Kier molecular flexibility index (Phi) is 5.38. The number of carbonyl (C=O) groups is 1. The van der Waals surface area contributed by atoms with Crippen LogP contribution in [0.25, 0.3) is 0 Å². The monoisotopic (exact) mass is 284 g/mol. The predicted molar refractivity (Wildman–Crippen MR) is 83.0 cm³/mol. The summed E-state index contributed by atoms with van der Waals surface area (Å²) in [5.41, 5.74) is 2.56. The molecular weight excluding hydrogens is 264 g/mol. The second-order valence-corrected chi connectivity index (χ2v) is 5.08. The third-order valence-corrected chi connectivity index (χ3v) is 3.40. The lowest BCUT2D eigenvalue weighted by molar-refractivity contribution is 0.0696. The van der Waals surface area contributed by atoms with Gasteiger partial charge in [-0.1, -0.05) is 36.4 Å². The zero-order valence-electron chi connectivity index (χ0n) is 12.2. The van der Waals surface area contributed by atoms with E-state index in [1.54, 1.807) is 18.2 Å². The van der Waals surface area contributed by atoms with Gasteiger partial charge in [0.05, 0.1) is 12.2 Å². The molecule has 0 saturated heterocycles. The molecule has 0 unspecified atom stereocenters. The maximum absolute atomic E-state index is 10.9. The molecule has 2 rings (SSSR count). The van der Waals surface area contributed by atoms with E-state index in [9.17, 15) is 4.79 Å². The van der Waals surface area contributed by atoms with Gasteiger partial charge in [-0.2, -0.15) is 0 Å². The van der Waals surface area contributed by atoms with Crippen molar-refractivity contribution in [3.05, 3.63) is 65.2 Å². The number of rotatable bonds is 7. The molecule has 0 amide bonds. The number of carboxylic acids is 1. The number of hydrogen-bond acceptors (Lipinski definition) is 2. The minimum Gasteiger partial charge on any atom is -0.493 e. The van der Waals surface area contributed by atoms with Crippen LogP contribution in [0.2, 0.25) is 0 Å². The standard InChI is InChI=1S/C18H20O3/c1-14-10-11-16(18(19)20)13-17(14)21-12-6-5-9-15-7-3-2-4-8-15/h2-4,7-8,10-11,13H,5-6,9,12H2,1H3,(H,19,20). The second kappa shape index (κ2) is 7.48. The summed E-state index contributed by atoms with van der Waals surface area (Å²) in [5, 5.41) is 8.98. The first kappa shape index (κ1) is 15.1. The van der Waals surface area contributed by atoms with E-state index in [0.717, 1.165) is 24.8 Å². The van der Waals surface area contributed by atoms with Crippen LogP contribution >= 0.6 is 0 Å². The van der Waals surface area contributed by atoms with Crippen LogP contribution in [0.3, 0.4) is 0 Å². The molecule has 0 fully saturated rings. The summed E-state index contributed by atoms with van der Waals surface area (Å²) < 4.78 is 5.70. The van der Waals surface area contributed by atoms with Crippen molar-refractivity contribution in [3.8, 4) is 5.75 Å². The molecule has 0 bridgehead atoms. The largest absolute Gasteiger partial charge is 0.493 e.